The lowest BCUT2D eigenvalue weighted by molar-refractivity contribution is 0.459. The topological polar surface area (TPSA) is 15.3 Å². The summed E-state index contributed by atoms with van der Waals surface area (Å²) < 4.78 is 27.4. The van der Waals surface area contributed by atoms with Crippen LogP contribution in [0.1, 0.15) is 12.0 Å². The highest BCUT2D eigenvalue weighted by atomic mass is 19.1. The molecule has 4 rings (SSSR count). The average Bonchev–Trinajstić information content (AvgIpc) is 2.72. The normalized spacial score (nSPS) is 29.6. The Morgan fingerprint density at radius 1 is 1.17 bits per heavy atom. The third kappa shape index (κ3) is 2.72. The number of nitrogens with one attached hydrogen (secondary N) is 1. The van der Waals surface area contributed by atoms with Gasteiger partial charge >= 0.3 is 0 Å². The Labute approximate surface area is 135 Å². The van der Waals surface area contributed by atoms with Gasteiger partial charge in [-0.25, -0.2) is 8.78 Å². The Kier molecular flexibility index (Phi) is 3.77. The largest absolute Gasteiger partial charge is 0.357 e. The van der Waals surface area contributed by atoms with E-state index in [4.69, 9.17) is 0 Å². The summed E-state index contributed by atoms with van der Waals surface area (Å²) in [6.45, 7) is 1.72. The predicted molar refractivity (Wildman–Crippen MR) is 88.6 cm³/mol. The first-order valence-electron chi connectivity index (χ1n) is 8.22. The van der Waals surface area contributed by atoms with E-state index in [1.54, 1.807) is 18.2 Å². The zero-order chi connectivity index (χ0) is 15.8. The van der Waals surface area contributed by atoms with Gasteiger partial charge in [-0.3, -0.25) is 0 Å². The number of benzene rings is 1. The molecule has 0 spiro atoms. The minimum atomic E-state index is -0.205. The third-order valence-electron chi connectivity index (χ3n) is 4.98. The third-order valence-corrected chi connectivity index (χ3v) is 4.98. The second kappa shape index (κ2) is 5.93. The molecule has 2 nitrogen and oxygen atoms in total. The van der Waals surface area contributed by atoms with Crippen LogP contribution in [0.2, 0.25) is 0 Å². The SMILES string of the molecule is FC1=CC2CCc3cc(F)ccc3N(C3C=CCNC3)C2C=C1. The number of anilines is 1. The lowest BCUT2D eigenvalue weighted by Gasteiger charge is -2.41. The first-order chi connectivity index (χ1) is 11.2. The Morgan fingerprint density at radius 3 is 2.91 bits per heavy atom. The van der Waals surface area contributed by atoms with Gasteiger partial charge in [-0.2, -0.15) is 0 Å². The fourth-order valence-corrected chi connectivity index (χ4v) is 3.93. The van der Waals surface area contributed by atoms with Crippen molar-refractivity contribution in [2.24, 2.45) is 5.92 Å². The van der Waals surface area contributed by atoms with Crippen LogP contribution in [0.4, 0.5) is 14.5 Å². The molecule has 0 saturated heterocycles. The Bertz CT molecular complexity index is 693. The fraction of sp³-hybridized carbons (Fsp3) is 0.368. The van der Waals surface area contributed by atoms with Gasteiger partial charge in [-0.15, -0.1) is 0 Å². The lowest BCUT2D eigenvalue weighted by atomic mass is 9.89. The van der Waals surface area contributed by atoms with Gasteiger partial charge in [0.05, 0.1) is 12.1 Å². The van der Waals surface area contributed by atoms with Gasteiger partial charge in [0.2, 0.25) is 0 Å². The van der Waals surface area contributed by atoms with E-state index in [1.807, 2.05) is 12.1 Å². The van der Waals surface area contributed by atoms with Crippen molar-refractivity contribution < 1.29 is 8.78 Å². The molecule has 0 aromatic heterocycles. The number of aryl methyl sites for hydroxylation is 1. The zero-order valence-corrected chi connectivity index (χ0v) is 12.9. The van der Waals surface area contributed by atoms with Crippen molar-refractivity contribution in [1.29, 1.82) is 0 Å². The molecule has 3 aliphatic rings. The van der Waals surface area contributed by atoms with Crippen LogP contribution < -0.4 is 10.2 Å². The van der Waals surface area contributed by atoms with Crippen LogP contribution in [0, 0.1) is 11.7 Å². The standard InChI is InChI=1S/C19H20F2N2/c20-15-5-7-18-13(10-15)3-4-14-11-16(21)6-8-19(14)23(18)17-2-1-9-22-12-17/h1-2,5-8,10-11,13,17-18,22H,3-4,9,12H2. The highest BCUT2D eigenvalue weighted by molar-refractivity contribution is 5.59. The number of fused-ring (bicyclic) bond motifs is 2. The van der Waals surface area contributed by atoms with Crippen LogP contribution in [0.25, 0.3) is 0 Å². The Hall–Kier alpha value is -1.94. The Balaban J connectivity index is 1.81. The molecule has 0 fully saturated rings. The van der Waals surface area contributed by atoms with Gasteiger partial charge in [-0.05, 0) is 48.8 Å². The van der Waals surface area contributed by atoms with Crippen LogP contribution in [-0.4, -0.2) is 25.2 Å². The molecule has 1 aromatic carbocycles. The van der Waals surface area contributed by atoms with E-state index < -0.39 is 0 Å². The molecule has 120 valence electrons. The minimum Gasteiger partial charge on any atom is -0.357 e. The van der Waals surface area contributed by atoms with E-state index in [2.05, 4.69) is 22.4 Å². The van der Waals surface area contributed by atoms with Crippen LogP contribution in [-0.2, 0) is 6.42 Å². The van der Waals surface area contributed by atoms with E-state index in [0.717, 1.165) is 37.2 Å². The molecule has 3 unspecified atom stereocenters. The number of allylic oxidation sites excluding steroid dienone is 2. The number of hydrogen-bond acceptors (Lipinski definition) is 2. The molecule has 2 heterocycles. The number of nitrogens with zero attached hydrogens (tertiary/aromatic N) is 1. The zero-order valence-electron chi connectivity index (χ0n) is 12.9. The summed E-state index contributed by atoms with van der Waals surface area (Å²) in [5.41, 5.74) is 2.08. The number of rotatable bonds is 1. The van der Waals surface area contributed by atoms with E-state index in [9.17, 15) is 8.78 Å². The highest BCUT2D eigenvalue weighted by Gasteiger charge is 2.35. The van der Waals surface area contributed by atoms with Crippen molar-refractivity contribution in [2.45, 2.75) is 24.9 Å². The van der Waals surface area contributed by atoms with E-state index in [0.29, 0.717) is 0 Å². The number of hydrogen-bond donors (Lipinski definition) is 1. The molecule has 1 N–H and O–H groups in total. The average molecular weight is 314 g/mol. The molecule has 1 aromatic rings. The molecule has 4 heteroatoms. The van der Waals surface area contributed by atoms with Crippen molar-refractivity contribution in [3.63, 3.8) is 0 Å². The van der Waals surface area contributed by atoms with Crippen LogP contribution >= 0.6 is 0 Å². The first kappa shape index (κ1) is 14.6. The molecular formula is C19H20F2N2. The second-order valence-electron chi connectivity index (χ2n) is 6.44. The summed E-state index contributed by atoms with van der Waals surface area (Å²) in [5.74, 6) is -0.255. The van der Waals surface area contributed by atoms with Crippen LogP contribution in [0.5, 0.6) is 0 Å². The molecule has 3 atom stereocenters. The maximum Gasteiger partial charge on any atom is 0.123 e. The summed E-state index contributed by atoms with van der Waals surface area (Å²) in [7, 11) is 0. The van der Waals surface area contributed by atoms with Gasteiger partial charge in [0, 0.05) is 24.7 Å². The Morgan fingerprint density at radius 2 is 2.09 bits per heavy atom. The van der Waals surface area contributed by atoms with Crippen LogP contribution in [0.3, 0.4) is 0 Å². The van der Waals surface area contributed by atoms with Crippen molar-refractivity contribution in [3.8, 4) is 0 Å². The number of halogens is 2. The van der Waals surface area contributed by atoms with Crippen LogP contribution in [0.15, 0.2) is 54.4 Å². The van der Waals surface area contributed by atoms with Gasteiger partial charge in [0.1, 0.15) is 11.6 Å². The smallest absolute Gasteiger partial charge is 0.123 e. The van der Waals surface area contributed by atoms with Crippen molar-refractivity contribution in [3.05, 3.63) is 65.8 Å². The maximum absolute atomic E-state index is 13.7. The maximum atomic E-state index is 13.7. The monoisotopic (exact) mass is 314 g/mol. The van der Waals surface area contributed by atoms with Gasteiger partial charge in [0.25, 0.3) is 0 Å². The van der Waals surface area contributed by atoms with Gasteiger partial charge in [0.15, 0.2) is 0 Å². The summed E-state index contributed by atoms with van der Waals surface area (Å²) in [4.78, 5) is 2.33. The summed E-state index contributed by atoms with van der Waals surface area (Å²) in [5, 5.41) is 3.38. The van der Waals surface area contributed by atoms with Gasteiger partial charge in [-0.1, -0.05) is 18.2 Å². The summed E-state index contributed by atoms with van der Waals surface area (Å²) in [6.07, 6.45) is 11.2. The molecule has 0 radical (unpaired) electrons. The molecule has 0 amide bonds. The van der Waals surface area contributed by atoms with E-state index in [-0.39, 0.29) is 29.6 Å². The molecular weight excluding hydrogens is 294 g/mol. The molecule has 1 aliphatic carbocycles. The molecule has 0 saturated carbocycles. The molecule has 0 bridgehead atoms. The highest BCUT2D eigenvalue weighted by Crippen LogP contribution is 2.38. The van der Waals surface area contributed by atoms with Gasteiger partial charge < -0.3 is 10.2 Å². The first-order valence-corrected chi connectivity index (χ1v) is 8.22. The molecule has 23 heavy (non-hydrogen) atoms. The second-order valence-corrected chi connectivity index (χ2v) is 6.44. The molecule has 2 aliphatic heterocycles. The summed E-state index contributed by atoms with van der Waals surface area (Å²) >= 11 is 0. The minimum absolute atomic E-state index is 0.107. The quantitative estimate of drug-likeness (QED) is 0.798. The summed E-state index contributed by atoms with van der Waals surface area (Å²) in [6, 6.07) is 5.32. The van der Waals surface area contributed by atoms with E-state index >= 15 is 0 Å². The van der Waals surface area contributed by atoms with E-state index in [1.165, 1.54) is 6.07 Å². The van der Waals surface area contributed by atoms with Crippen molar-refractivity contribution >= 4 is 5.69 Å². The predicted octanol–water partition coefficient (Wildman–Crippen LogP) is 3.51. The fourth-order valence-electron chi connectivity index (χ4n) is 3.93. The van der Waals surface area contributed by atoms with Crippen molar-refractivity contribution in [2.75, 3.05) is 18.0 Å². The lowest BCUT2D eigenvalue weighted by Crippen LogP contribution is -2.50. The van der Waals surface area contributed by atoms with Crippen molar-refractivity contribution in [1.82, 2.24) is 5.32 Å².